The Labute approximate surface area is 158 Å². The summed E-state index contributed by atoms with van der Waals surface area (Å²) in [6.45, 7) is 5.59. The number of carbonyl (C=O) groups excluding carboxylic acids is 2. The van der Waals surface area contributed by atoms with Gasteiger partial charge in [0.05, 0.1) is 10.9 Å². The SMILES string of the molecule is CCc1cc(C(=O)Nc2ccccc2CN2CCCC2C(N)=O)sc1C. The number of nitrogens with two attached hydrogens (primary N) is 1. The molecule has 3 N–H and O–H groups in total. The first kappa shape index (κ1) is 18.6. The Balaban J connectivity index is 1.76. The summed E-state index contributed by atoms with van der Waals surface area (Å²) in [5.74, 6) is -0.358. The van der Waals surface area contributed by atoms with Gasteiger partial charge in [-0.2, -0.15) is 0 Å². The highest BCUT2D eigenvalue weighted by Crippen LogP contribution is 2.26. The number of amides is 2. The first-order valence-corrected chi connectivity index (χ1v) is 9.83. The molecule has 0 bridgehead atoms. The minimum Gasteiger partial charge on any atom is -0.368 e. The number of carbonyl (C=O) groups is 2. The fraction of sp³-hybridized carbons (Fsp3) is 0.400. The molecule has 1 fully saturated rings. The third kappa shape index (κ3) is 3.97. The number of hydrogen-bond acceptors (Lipinski definition) is 4. The summed E-state index contributed by atoms with van der Waals surface area (Å²) < 4.78 is 0. The van der Waals surface area contributed by atoms with Crippen molar-refractivity contribution in [3.63, 3.8) is 0 Å². The minimum absolute atomic E-state index is 0.0851. The maximum Gasteiger partial charge on any atom is 0.265 e. The highest BCUT2D eigenvalue weighted by molar-refractivity contribution is 7.14. The number of benzene rings is 1. The smallest absolute Gasteiger partial charge is 0.265 e. The molecule has 0 radical (unpaired) electrons. The Morgan fingerprint density at radius 2 is 2.08 bits per heavy atom. The van der Waals surface area contributed by atoms with Gasteiger partial charge >= 0.3 is 0 Å². The van der Waals surface area contributed by atoms with Crippen molar-refractivity contribution in [3.8, 4) is 0 Å². The van der Waals surface area contributed by atoms with E-state index in [1.54, 1.807) is 0 Å². The molecule has 1 saturated heterocycles. The molecular formula is C20H25N3O2S. The van der Waals surface area contributed by atoms with E-state index in [1.807, 2.05) is 37.3 Å². The third-order valence-corrected chi connectivity index (χ3v) is 6.05. The quantitative estimate of drug-likeness (QED) is 0.818. The van der Waals surface area contributed by atoms with Crippen LogP contribution in [0.2, 0.25) is 0 Å². The van der Waals surface area contributed by atoms with Gasteiger partial charge in [-0.15, -0.1) is 11.3 Å². The van der Waals surface area contributed by atoms with E-state index in [0.29, 0.717) is 6.54 Å². The second kappa shape index (κ2) is 8.01. The van der Waals surface area contributed by atoms with Crippen molar-refractivity contribution in [2.45, 2.75) is 45.7 Å². The zero-order valence-electron chi connectivity index (χ0n) is 15.2. The first-order valence-electron chi connectivity index (χ1n) is 9.01. The predicted octanol–water partition coefficient (Wildman–Crippen LogP) is 3.32. The Morgan fingerprint density at radius 1 is 1.31 bits per heavy atom. The number of nitrogens with one attached hydrogen (secondary N) is 1. The number of likely N-dealkylation sites (tertiary alicyclic amines) is 1. The molecule has 2 aromatic rings. The summed E-state index contributed by atoms with van der Waals surface area (Å²) in [5.41, 5.74) is 8.52. The fourth-order valence-electron chi connectivity index (χ4n) is 3.50. The van der Waals surface area contributed by atoms with Gasteiger partial charge in [-0.1, -0.05) is 25.1 Å². The summed E-state index contributed by atoms with van der Waals surface area (Å²) in [5, 5.41) is 3.04. The Morgan fingerprint density at radius 3 is 2.77 bits per heavy atom. The van der Waals surface area contributed by atoms with E-state index in [4.69, 9.17) is 5.73 Å². The van der Waals surface area contributed by atoms with Crippen LogP contribution < -0.4 is 11.1 Å². The van der Waals surface area contributed by atoms with Crippen LogP contribution in [0.25, 0.3) is 0 Å². The van der Waals surface area contributed by atoms with Crippen molar-refractivity contribution in [3.05, 3.63) is 51.2 Å². The number of thiophene rings is 1. The van der Waals surface area contributed by atoms with E-state index in [9.17, 15) is 9.59 Å². The van der Waals surface area contributed by atoms with Gasteiger partial charge in [0.15, 0.2) is 0 Å². The number of rotatable bonds is 6. The summed E-state index contributed by atoms with van der Waals surface area (Å²) in [6.07, 6.45) is 2.70. The third-order valence-electron chi connectivity index (χ3n) is 4.96. The molecule has 1 aromatic heterocycles. The number of para-hydroxylation sites is 1. The van der Waals surface area contributed by atoms with Crippen molar-refractivity contribution < 1.29 is 9.59 Å². The van der Waals surface area contributed by atoms with Crippen LogP contribution in [0.1, 0.15) is 45.4 Å². The molecule has 1 aliphatic heterocycles. The molecule has 138 valence electrons. The first-order chi connectivity index (χ1) is 12.5. The van der Waals surface area contributed by atoms with Gasteiger partial charge in [-0.05, 0) is 56.0 Å². The molecule has 1 aliphatic rings. The molecule has 2 amide bonds. The Hall–Kier alpha value is -2.18. The van der Waals surface area contributed by atoms with Crippen LogP contribution in [0.5, 0.6) is 0 Å². The molecule has 1 atom stereocenters. The molecule has 1 unspecified atom stereocenters. The number of primary amides is 1. The zero-order valence-corrected chi connectivity index (χ0v) is 16.1. The lowest BCUT2D eigenvalue weighted by Crippen LogP contribution is -2.39. The van der Waals surface area contributed by atoms with E-state index in [0.717, 1.165) is 41.9 Å². The maximum absolute atomic E-state index is 12.7. The van der Waals surface area contributed by atoms with Crippen LogP contribution in [0.4, 0.5) is 5.69 Å². The van der Waals surface area contributed by atoms with Crippen molar-refractivity contribution >= 4 is 28.8 Å². The van der Waals surface area contributed by atoms with E-state index in [2.05, 4.69) is 17.1 Å². The molecule has 26 heavy (non-hydrogen) atoms. The van der Waals surface area contributed by atoms with Crippen molar-refractivity contribution in [2.24, 2.45) is 5.73 Å². The lowest BCUT2D eigenvalue weighted by atomic mass is 10.1. The van der Waals surface area contributed by atoms with Gasteiger partial charge in [0.2, 0.25) is 5.91 Å². The van der Waals surface area contributed by atoms with Crippen LogP contribution in [0, 0.1) is 6.92 Å². The number of nitrogens with zero attached hydrogens (tertiary/aromatic N) is 1. The molecule has 5 nitrogen and oxygen atoms in total. The molecule has 0 saturated carbocycles. The largest absolute Gasteiger partial charge is 0.368 e. The van der Waals surface area contributed by atoms with Crippen LogP contribution in [0.3, 0.4) is 0 Å². The number of anilines is 1. The normalized spacial score (nSPS) is 17.4. The van der Waals surface area contributed by atoms with Gasteiger partial charge in [0.1, 0.15) is 0 Å². The van der Waals surface area contributed by atoms with E-state index < -0.39 is 0 Å². The van der Waals surface area contributed by atoms with E-state index in [-0.39, 0.29) is 17.9 Å². The van der Waals surface area contributed by atoms with Crippen molar-refractivity contribution in [1.29, 1.82) is 0 Å². The summed E-state index contributed by atoms with van der Waals surface area (Å²) in [7, 11) is 0. The van der Waals surface area contributed by atoms with Gasteiger partial charge in [0, 0.05) is 17.1 Å². The highest BCUT2D eigenvalue weighted by Gasteiger charge is 2.29. The van der Waals surface area contributed by atoms with Gasteiger partial charge < -0.3 is 11.1 Å². The molecule has 1 aromatic carbocycles. The zero-order chi connectivity index (χ0) is 18.7. The van der Waals surface area contributed by atoms with E-state index >= 15 is 0 Å². The molecule has 6 heteroatoms. The standard InChI is InChI=1S/C20H25N3O2S/c1-3-14-11-18(26-13(14)2)20(25)22-16-8-5-4-7-15(16)12-23-10-6-9-17(23)19(21)24/h4-5,7-8,11,17H,3,6,9-10,12H2,1-2H3,(H2,21,24)(H,22,25). The second-order valence-corrected chi connectivity index (χ2v) is 7.94. The van der Waals surface area contributed by atoms with Crippen molar-refractivity contribution in [1.82, 2.24) is 4.90 Å². The molecule has 0 spiro atoms. The summed E-state index contributed by atoms with van der Waals surface area (Å²) in [6, 6.07) is 9.51. The Kier molecular flexibility index (Phi) is 5.74. The van der Waals surface area contributed by atoms with Crippen LogP contribution >= 0.6 is 11.3 Å². The van der Waals surface area contributed by atoms with E-state index in [1.165, 1.54) is 21.8 Å². The molecule has 3 rings (SSSR count). The summed E-state index contributed by atoms with van der Waals surface area (Å²) in [4.78, 5) is 28.3. The molecular weight excluding hydrogens is 346 g/mol. The monoisotopic (exact) mass is 371 g/mol. The molecule has 0 aliphatic carbocycles. The Bertz CT molecular complexity index is 815. The highest BCUT2D eigenvalue weighted by atomic mass is 32.1. The molecule has 2 heterocycles. The minimum atomic E-state index is -0.273. The lowest BCUT2D eigenvalue weighted by molar-refractivity contribution is -0.122. The topological polar surface area (TPSA) is 75.4 Å². The number of aryl methyl sites for hydroxylation is 2. The fourth-order valence-corrected chi connectivity index (χ4v) is 4.51. The van der Waals surface area contributed by atoms with Gasteiger partial charge in [-0.3, -0.25) is 14.5 Å². The predicted molar refractivity (Wildman–Crippen MR) is 105 cm³/mol. The van der Waals surface area contributed by atoms with Gasteiger partial charge in [0.25, 0.3) is 5.91 Å². The van der Waals surface area contributed by atoms with Gasteiger partial charge in [-0.25, -0.2) is 0 Å². The summed E-state index contributed by atoms with van der Waals surface area (Å²) >= 11 is 1.53. The van der Waals surface area contributed by atoms with Crippen LogP contribution in [-0.2, 0) is 17.8 Å². The van der Waals surface area contributed by atoms with Crippen LogP contribution in [0.15, 0.2) is 30.3 Å². The average Bonchev–Trinajstić information content (AvgIpc) is 3.23. The average molecular weight is 372 g/mol. The second-order valence-electron chi connectivity index (χ2n) is 6.69. The van der Waals surface area contributed by atoms with Crippen LogP contribution in [-0.4, -0.2) is 29.3 Å². The lowest BCUT2D eigenvalue weighted by Gasteiger charge is -2.23. The van der Waals surface area contributed by atoms with Crippen molar-refractivity contribution in [2.75, 3.05) is 11.9 Å². The maximum atomic E-state index is 12.7. The number of hydrogen-bond donors (Lipinski definition) is 2.